The van der Waals surface area contributed by atoms with E-state index < -0.39 is 0 Å². The molecule has 3 rings (SSSR count). The second kappa shape index (κ2) is 3.94. The van der Waals surface area contributed by atoms with Crippen LogP contribution in [0.15, 0.2) is 18.2 Å². The molecule has 3 N–H and O–H groups in total. The van der Waals surface area contributed by atoms with Crippen molar-refractivity contribution in [3.63, 3.8) is 0 Å². The summed E-state index contributed by atoms with van der Waals surface area (Å²) in [6, 6.07) is 5.86. The first-order chi connectivity index (χ1) is 7.81. The largest absolute Gasteiger partial charge is 0.399 e. The summed E-state index contributed by atoms with van der Waals surface area (Å²) < 4.78 is 1.16. The molecule has 84 valence electrons. The van der Waals surface area contributed by atoms with E-state index in [2.05, 4.69) is 10.3 Å². The minimum Gasteiger partial charge on any atom is -0.399 e. The van der Waals surface area contributed by atoms with Crippen LogP contribution >= 0.6 is 11.3 Å². The van der Waals surface area contributed by atoms with Crippen molar-refractivity contribution in [2.45, 2.75) is 19.3 Å². The third kappa shape index (κ3) is 2.11. The molecule has 4 heteroatoms. The minimum absolute atomic E-state index is 0.806. The van der Waals surface area contributed by atoms with Gasteiger partial charge in [0.15, 0.2) is 5.13 Å². The normalized spacial score (nSPS) is 15.5. The number of nitrogen functional groups attached to an aromatic ring is 1. The van der Waals surface area contributed by atoms with Gasteiger partial charge in [-0.2, -0.15) is 0 Å². The van der Waals surface area contributed by atoms with Crippen LogP contribution < -0.4 is 11.1 Å². The smallest absolute Gasteiger partial charge is 0.183 e. The van der Waals surface area contributed by atoms with Crippen molar-refractivity contribution in [3.05, 3.63) is 18.2 Å². The Morgan fingerprint density at radius 2 is 2.31 bits per heavy atom. The van der Waals surface area contributed by atoms with Crippen molar-refractivity contribution in [1.82, 2.24) is 4.98 Å². The average Bonchev–Trinajstić information content (AvgIpc) is 2.98. The Labute approximate surface area is 98.7 Å². The molecule has 16 heavy (non-hydrogen) atoms. The predicted octanol–water partition coefficient (Wildman–Crippen LogP) is 3.09. The minimum atomic E-state index is 0.806. The lowest BCUT2D eigenvalue weighted by Gasteiger charge is -1.99. The van der Waals surface area contributed by atoms with Crippen molar-refractivity contribution in [2.24, 2.45) is 5.92 Å². The van der Waals surface area contributed by atoms with Crippen LogP contribution in [0.5, 0.6) is 0 Å². The van der Waals surface area contributed by atoms with Crippen LogP contribution in [0.3, 0.4) is 0 Å². The summed E-state index contributed by atoms with van der Waals surface area (Å²) in [5.74, 6) is 0.970. The van der Waals surface area contributed by atoms with Crippen molar-refractivity contribution >= 4 is 32.4 Å². The highest BCUT2D eigenvalue weighted by atomic mass is 32.1. The Kier molecular flexibility index (Phi) is 2.44. The first-order valence-corrected chi connectivity index (χ1v) is 6.53. The van der Waals surface area contributed by atoms with Crippen LogP contribution in [-0.2, 0) is 0 Å². The first kappa shape index (κ1) is 9.90. The molecule has 1 aliphatic rings. The Bertz CT molecular complexity index is 502. The van der Waals surface area contributed by atoms with E-state index in [9.17, 15) is 0 Å². The van der Waals surface area contributed by atoms with Gasteiger partial charge in [-0.15, -0.1) is 0 Å². The number of nitrogens with two attached hydrogens (primary N) is 1. The predicted molar refractivity (Wildman–Crippen MR) is 69.9 cm³/mol. The van der Waals surface area contributed by atoms with Crippen molar-refractivity contribution in [2.75, 3.05) is 17.6 Å². The molecule has 3 nitrogen and oxygen atoms in total. The number of benzene rings is 1. The Morgan fingerprint density at radius 3 is 3.12 bits per heavy atom. The van der Waals surface area contributed by atoms with Gasteiger partial charge in [0.25, 0.3) is 0 Å². The van der Waals surface area contributed by atoms with E-state index in [1.807, 2.05) is 18.2 Å². The van der Waals surface area contributed by atoms with Gasteiger partial charge in [0.05, 0.1) is 10.2 Å². The molecule has 0 unspecified atom stereocenters. The monoisotopic (exact) mass is 233 g/mol. The molecule has 1 aromatic heterocycles. The molecule has 0 saturated heterocycles. The number of thiazole rings is 1. The Hall–Kier alpha value is -1.29. The van der Waals surface area contributed by atoms with E-state index in [1.54, 1.807) is 11.3 Å². The van der Waals surface area contributed by atoms with Crippen LogP contribution in [0, 0.1) is 5.92 Å². The van der Waals surface area contributed by atoms with Crippen LogP contribution in [0.2, 0.25) is 0 Å². The molecule has 1 saturated carbocycles. The molecule has 1 aliphatic carbocycles. The summed E-state index contributed by atoms with van der Waals surface area (Å²) in [5, 5.41) is 4.41. The number of hydrogen-bond donors (Lipinski definition) is 2. The van der Waals surface area contributed by atoms with Crippen molar-refractivity contribution in [3.8, 4) is 0 Å². The number of anilines is 2. The summed E-state index contributed by atoms with van der Waals surface area (Å²) in [4.78, 5) is 4.52. The van der Waals surface area contributed by atoms with Gasteiger partial charge in [-0.1, -0.05) is 24.2 Å². The zero-order valence-corrected chi connectivity index (χ0v) is 9.89. The summed E-state index contributed by atoms with van der Waals surface area (Å²) in [5.41, 5.74) is 7.58. The van der Waals surface area contributed by atoms with Gasteiger partial charge in [-0.3, -0.25) is 0 Å². The first-order valence-electron chi connectivity index (χ1n) is 5.71. The average molecular weight is 233 g/mol. The number of rotatable bonds is 4. The van der Waals surface area contributed by atoms with Gasteiger partial charge in [0, 0.05) is 12.2 Å². The summed E-state index contributed by atoms with van der Waals surface area (Å²) in [7, 11) is 0. The molecule has 1 fully saturated rings. The maximum absolute atomic E-state index is 5.74. The fourth-order valence-corrected chi connectivity index (χ4v) is 2.75. The highest BCUT2D eigenvalue weighted by Gasteiger charge is 2.20. The molecule has 0 amide bonds. The number of nitrogens with one attached hydrogen (secondary N) is 1. The summed E-state index contributed by atoms with van der Waals surface area (Å²) >= 11 is 1.68. The van der Waals surface area contributed by atoms with Crippen LogP contribution in [0.1, 0.15) is 19.3 Å². The second-order valence-electron chi connectivity index (χ2n) is 4.41. The van der Waals surface area contributed by atoms with E-state index in [-0.39, 0.29) is 0 Å². The molecule has 0 spiro atoms. The molecule has 2 aromatic rings. The lowest BCUT2D eigenvalue weighted by Crippen LogP contribution is -2.01. The summed E-state index contributed by atoms with van der Waals surface area (Å²) in [6.45, 7) is 1.04. The maximum Gasteiger partial charge on any atom is 0.183 e. The fourth-order valence-electron chi connectivity index (χ4n) is 1.81. The highest BCUT2D eigenvalue weighted by molar-refractivity contribution is 7.22. The third-order valence-electron chi connectivity index (χ3n) is 2.94. The Morgan fingerprint density at radius 1 is 1.44 bits per heavy atom. The zero-order valence-electron chi connectivity index (χ0n) is 9.07. The zero-order chi connectivity index (χ0) is 11.0. The quantitative estimate of drug-likeness (QED) is 0.798. The fraction of sp³-hybridized carbons (Fsp3) is 0.417. The topological polar surface area (TPSA) is 50.9 Å². The van der Waals surface area contributed by atoms with Crippen molar-refractivity contribution < 1.29 is 0 Å². The van der Waals surface area contributed by atoms with E-state index >= 15 is 0 Å². The van der Waals surface area contributed by atoms with Crippen molar-refractivity contribution in [1.29, 1.82) is 0 Å². The van der Waals surface area contributed by atoms with Gasteiger partial charge >= 0.3 is 0 Å². The van der Waals surface area contributed by atoms with E-state index in [4.69, 9.17) is 5.73 Å². The molecule has 1 aromatic carbocycles. The molecule has 1 heterocycles. The van der Waals surface area contributed by atoms with Gasteiger partial charge in [0.1, 0.15) is 0 Å². The number of hydrogen-bond acceptors (Lipinski definition) is 4. The molecule has 0 atom stereocenters. The van der Waals surface area contributed by atoms with Crippen LogP contribution in [0.25, 0.3) is 10.2 Å². The molecular weight excluding hydrogens is 218 g/mol. The van der Waals surface area contributed by atoms with E-state index in [0.717, 1.165) is 33.5 Å². The highest BCUT2D eigenvalue weighted by Crippen LogP contribution is 2.32. The van der Waals surface area contributed by atoms with E-state index in [0.29, 0.717) is 0 Å². The molecule has 0 radical (unpaired) electrons. The number of fused-ring (bicyclic) bond motifs is 1. The van der Waals surface area contributed by atoms with Gasteiger partial charge in [-0.25, -0.2) is 4.98 Å². The molecule has 0 bridgehead atoms. The summed E-state index contributed by atoms with van der Waals surface area (Å²) in [6.07, 6.45) is 4.11. The van der Waals surface area contributed by atoms with E-state index in [1.165, 1.54) is 19.3 Å². The van der Waals surface area contributed by atoms with Gasteiger partial charge < -0.3 is 11.1 Å². The lowest BCUT2D eigenvalue weighted by atomic mass is 10.3. The second-order valence-corrected chi connectivity index (χ2v) is 5.44. The Balaban J connectivity index is 1.71. The van der Waals surface area contributed by atoms with Gasteiger partial charge in [-0.05, 0) is 30.5 Å². The number of aromatic nitrogens is 1. The van der Waals surface area contributed by atoms with Gasteiger partial charge in [0.2, 0.25) is 0 Å². The van der Waals surface area contributed by atoms with Crippen LogP contribution in [-0.4, -0.2) is 11.5 Å². The van der Waals surface area contributed by atoms with Crippen LogP contribution in [0.4, 0.5) is 10.8 Å². The standard InChI is InChI=1S/C12H15N3S/c13-9-3-4-10-11(7-9)16-12(15-10)14-6-5-8-1-2-8/h3-4,7-8H,1-2,5-6,13H2,(H,14,15). The SMILES string of the molecule is Nc1ccc2nc(NCCC3CC3)sc2c1. The molecular formula is C12H15N3S. The lowest BCUT2D eigenvalue weighted by molar-refractivity contribution is 0.760. The molecule has 0 aliphatic heterocycles. The third-order valence-corrected chi connectivity index (χ3v) is 3.91. The maximum atomic E-state index is 5.74. The number of nitrogens with zero attached hydrogens (tertiary/aromatic N) is 1.